The lowest BCUT2D eigenvalue weighted by atomic mass is 10.1. The van der Waals surface area contributed by atoms with Gasteiger partial charge in [-0.05, 0) is 50.2 Å². The van der Waals surface area contributed by atoms with Crippen molar-refractivity contribution in [2.75, 3.05) is 5.32 Å². The molecule has 172 valence electrons. The molecule has 0 saturated heterocycles. The molecule has 9 heteroatoms. The van der Waals surface area contributed by atoms with Crippen LogP contribution in [0.3, 0.4) is 0 Å². The number of rotatable bonds is 6. The number of ether oxygens (including phenoxy) is 1. The summed E-state index contributed by atoms with van der Waals surface area (Å²) in [5, 5.41) is 13.3. The third-order valence-electron chi connectivity index (χ3n) is 5.59. The molecule has 8 nitrogen and oxygen atoms in total. The average molecular weight is 476 g/mol. The number of pyridine rings is 3. The van der Waals surface area contributed by atoms with E-state index >= 15 is 0 Å². The Kier molecular flexibility index (Phi) is 6.39. The predicted octanol–water partition coefficient (Wildman–Crippen LogP) is 4.46. The molecule has 34 heavy (non-hydrogen) atoms. The van der Waals surface area contributed by atoms with Crippen molar-refractivity contribution in [3.63, 3.8) is 0 Å². The summed E-state index contributed by atoms with van der Waals surface area (Å²) in [7, 11) is 1.52. The van der Waals surface area contributed by atoms with E-state index in [0.717, 1.165) is 11.1 Å². The van der Waals surface area contributed by atoms with Crippen molar-refractivity contribution >= 4 is 28.2 Å². The van der Waals surface area contributed by atoms with Gasteiger partial charge in [0, 0.05) is 30.3 Å². The number of fused-ring (bicyclic) bond motifs is 1. The molecule has 0 aliphatic heterocycles. The number of halogens is 1. The molecule has 0 fully saturated rings. The van der Waals surface area contributed by atoms with Crippen LogP contribution in [0.4, 0.5) is 5.69 Å². The normalized spacial score (nSPS) is 12.7. The highest BCUT2D eigenvalue weighted by Crippen LogP contribution is 2.32. The molecular formula is C25H22ClN5O3. The molecule has 2 N–H and O–H groups in total. The highest BCUT2D eigenvalue weighted by atomic mass is 35.5. The van der Waals surface area contributed by atoms with Gasteiger partial charge in [0.2, 0.25) is 0 Å². The number of nitrogens with zero attached hydrogens (tertiary/aromatic N) is 3. The molecular weight excluding hydrogens is 454 g/mol. The SMILES string of the molecule is CC(Oc1cc2[nH]c(=O)c([C@H](C)Nc3ccc(C#N)n(C)c3=O)cc2cc1Cl)c1ccccn1. The predicted molar refractivity (Wildman–Crippen MR) is 131 cm³/mol. The molecule has 1 unspecified atom stereocenters. The molecule has 3 aromatic heterocycles. The quantitative estimate of drug-likeness (QED) is 0.425. The van der Waals surface area contributed by atoms with Crippen LogP contribution >= 0.6 is 11.6 Å². The number of hydrogen-bond acceptors (Lipinski definition) is 6. The van der Waals surface area contributed by atoms with E-state index in [-0.39, 0.29) is 22.9 Å². The lowest BCUT2D eigenvalue weighted by molar-refractivity contribution is 0.222. The zero-order valence-electron chi connectivity index (χ0n) is 18.8. The second-order valence-corrected chi connectivity index (χ2v) is 8.32. The van der Waals surface area contributed by atoms with Crippen molar-refractivity contribution in [1.29, 1.82) is 5.26 Å². The Labute approximate surface area is 200 Å². The Hall–Kier alpha value is -4.09. The molecule has 0 aliphatic carbocycles. The van der Waals surface area contributed by atoms with Crippen LogP contribution in [0.2, 0.25) is 5.02 Å². The Morgan fingerprint density at radius 3 is 2.68 bits per heavy atom. The number of nitriles is 1. The van der Waals surface area contributed by atoms with Gasteiger partial charge in [-0.3, -0.25) is 14.6 Å². The second kappa shape index (κ2) is 9.41. The molecule has 0 spiro atoms. The fraction of sp³-hybridized carbons (Fsp3) is 0.200. The largest absolute Gasteiger partial charge is 0.483 e. The molecule has 0 saturated carbocycles. The van der Waals surface area contributed by atoms with E-state index in [4.69, 9.17) is 21.6 Å². The first-order valence-corrected chi connectivity index (χ1v) is 11.0. The zero-order chi connectivity index (χ0) is 24.4. The molecule has 3 heterocycles. The van der Waals surface area contributed by atoms with Crippen molar-refractivity contribution in [2.45, 2.75) is 26.0 Å². The summed E-state index contributed by atoms with van der Waals surface area (Å²) >= 11 is 6.48. The average Bonchev–Trinajstić information content (AvgIpc) is 2.83. The van der Waals surface area contributed by atoms with Crippen LogP contribution in [0.15, 0.2) is 64.3 Å². The third kappa shape index (κ3) is 4.51. The van der Waals surface area contributed by atoms with Crippen LogP contribution in [0.1, 0.15) is 42.9 Å². The minimum absolute atomic E-state index is 0.247. The summed E-state index contributed by atoms with van der Waals surface area (Å²) in [6.07, 6.45) is 1.36. The lowest BCUT2D eigenvalue weighted by Gasteiger charge is -2.17. The Balaban J connectivity index is 1.63. The molecule has 2 atom stereocenters. The van der Waals surface area contributed by atoms with Crippen molar-refractivity contribution in [1.82, 2.24) is 14.5 Å². The summed E-state index contributed by atoms with van der Waals surface area (Å²) in [6.45, 7) is 3.65. The second-order valence-electron chi connectivity index (χ2n) is 7.91. The maximum Gasteiger partial charge on any atom is 0.274 e. The van der Waals surface area contributed by atoms with E-state index < -0.39 is 6.04 Å². The van der Waals surface area contributed by atoms with E-state index in [1.165, 1.54) is 17.7 Å². The summed E-state index contributed by atoms with van der Waals surface area (Å²) in [6, 6.07) is 15.3. The molecule has 1 aromatic carbocycles. The van der Waals surface area contributed by atoms with Crippen LogP contribution in [0, 0.1) is 11.3 Å². The smallest absolute Gasteiger partial charge is 0.274 e. The minimum atomic E-state index is -0.479. The van der Waals surface area contributed by atoms with E-state index in [2.05, 4.69) is 15.3 Å². The zero-order valence-corrected chi connectivity index (χ0v) is 19.6. The number of anilines is 1. The number of aromatic nitrogens is 3. The fourth-order valence-electron chi connectivity index (χ4n) is 3.67. The van der Waals surface area contributed by atoms with Gasteiger partial charge < -0.3 is 19.6 Å². The lowest BCUT2D eigenvalue weighted by Crippen LogP contribution is -2.26. The Bertz CT molecular complexity index is 1520. The molecule has 0 bridgehead atoms. The number of benzene rings is 1. The van der Waals surface area contributed by atoms with E-state index in [1.807, 2.05) is 31.2 Å². The van der Waals surface area contributed by atoms with Crippen LogP contribution in [-0.2, 0) is 7.05 Å². The van der Waals surface area contributed by atoms with E-state index in [9.17, 15) is 9.59 Å². The Morgan fingerprint density at radius 1 is 1.18 bits per heavy atom. The first-order valence-electron chi connectivity index (χ1n) is 10.6. The van der Waals surface area contributed by atoms with Gasteiger partial charge in [0.15, 0.2) is 0 Å². The maximum absolute atomic E-state index is 12.9. The number of H-pyrrole nitrogens is 1. The van der Waals surface area contributed by atoms with Gasteiger partial charge in [-0.15, -0.1) is 0 Å². The van der Waals surface area contributed by atoms with Gasteiger partial charge >= 0.3 is 0 Å². The third-order valence-corrected chi connectivity index (χ3v) is 5.89. The van der Waals surface area contributed by atoms with Crippen molar-refractivity contribution in [3.05, 3.63) is 97.4 Å². The van der Waals surface area contributed by atoms with E-state index in [0.29, 0.717) is 27.5 Å². The fourth-order valence-corrected chi connectivity index (χ4v) is 3.89. The van der Waals surface area contributed by atoms with Gasteiger partial charge in [0.1, 0.15) is 29.3 Å². The number of aromatic amines is 1. The monoisotopic (exact) mass is 475 g/mol. The molecule has 0 radical (unpaired) electrons. The van der Waals surface area contributed by atoms with Crippen LogP contribution in [0.5, 0.6) is 5.75 Å². The molecule has 4 aromatic rings. The van der Waals surface area contributed by atoms with Gasteiger partial charge in [0.05, 0.1) is 22.3 Å². The topological polar surface area (TPSA) is 113 Å². The first-order chi connectivity index (χ1) is 16.3. The summed E-state index contributed by atoms with van der Waals surface area (Å²) in [4.78, 5) is 32.5. The standard InChI is InChI=1S/C25H22ClN5O3/c1-14(29-21-8-7-17(13-27)31(3)25(21)33)18-10-16-11-19(26)23(12-22(16)30-24(18)32)34-15(2)20-6-4-5-9-28-20/h4-12,14-15,29H,1-3H3,(H,30,32)/t14-,15?/m0/s1. The molecule has 0 aliphatic rings. The van der Waals surface area contributed by atoms with Crippen LogP contribution in [-0.4, -0.2) is 14.5 Å². The minimum Gasteiger partial charge on any atom is -0.483 e. The first kappa shape index (κ1) is 23.1. The maximum atomic E-state index is 12.9. The summed E-state index contributed by atoms with van der Waals surface area (Å²) < 4.78 is 7.25. The molecule has 0 amide bonds. The summed E-state index contributed by atoms with van der Waals surface area (Å²) in [5.74, 6) is 0.433. The van der Waals surface area contributed by atoms with Crippen molar-refractivity contribution in [3.8, 4) is 11.8 Å². The van der Waals surface area contributed by atoms with E-state index in [1.54, 1.807) is 37.4 Å². The van der Waals surface area contributed by atoms with Gasteiger partial charge in [-0.2, -0.15) is 5.26 Å². The summed E-state index contributed by atoms with van der Waals surface area (Å²) in [5.41, 5.74) is 1.65. The molecule has 4 rings (SSSR count). The number of nitrogens with one attached hydrogen (secondary N) is 2. The van der Waals surface area contributed by atoms with Crippen molar-refractivity contribution < 1.29 is 4.74 Å². The van der Waals surface area contributed by atoms with Crippen molar-refractivity contribution in [2.24, 2.45) is 7.05 Å². The van der Waals surface area contributed by atoms with Gasteiger partial charge in [-0.25, -0.2) is 0 Å². The van der Waals surface area contributed by atoms with Gasteiger partial charge in [-0.1, -0.05) is 17.7 Å². The Morgan fingerprint density at radius 2 is 1.97 bits per heavy atom. The highest BCUT2D eigenvalue weighted by Gasteiger charge is 2.16. The number of hydrogen-bond donors (Lipinski definition) is 2. The van der Waals surface area contributed by atoms with Crippen LogP contribution < -0.4 is 21.2 Å². The van der Waals surface area contributed by atoms with Crippen LogP contribution in [0.25, 0.3) is 10.9 Å². The van der Waals surface area contributed by atoms with Gasteiger partial charge in [0.25, 0.3) is 11.1 Å². The highest BCUT2D eigenvalue weighted by molar-refractivity contribution is 6.32.